The summed E-state index contributed by atoms with van der Waals surface area (Å²) in [6.07, 6.45) is 0.285. The van der Waals surface area contributed by atoms with Gasteiger partial charge in [-0.1, -0.05) is 66.2 Å². The predicted octanol–water partition coefficient (Wildman–Crippen LogP) is 4.97. The fraction of sp³-hybridized carbons (Fsp3) is 0.179. The molecule has 1 unspecified atom stereocenters. The van der Waals surface area contributed by atoms with E-state index in [1.54, 1.807) is 19.1 Å². The number of nitrogens with zero attached hydrogens (tertiary/aromatic N) is 2. The van der Waals surface area contributed by atoms with Crippen LogP contribution in [0, 0.1) is 13.8 Å². The van der Waals surface area contributed by atoms with E-state index in [9.17, 15) is 14.7 Å². The Hall–Kier alpha value is -3.94. The summed E-state index contributed by atoms with van der Waals surface area (Å²) < 4.78 is 1.53. The fourth-order valence-electron chi connectivity index (χ4n) is 4.63. The van der Waals surface area contributed by atoms with E-state index >= 15 is 0 Å². The molecular weight excluding hydrogens is 476 g/mol. The summed E-state index contributed by atoms with van der Waals surface area (Å²) in [6, 6.07) is 20.7. The molecule has 7 nitrogen and oxygen atoms in total. The van der Waals surface area contributed by atoms with Crippen molar-refractivity contribution in [2.45, 2.75) is 26.3 Å². The molecule has 2 aromatic heterocycles. The molecular formula is C28H25ClN4O3. The van der Waals surface area contributed by atoms with E-state index in [0.29, 0.717) is 33.1 Å². The molecule has 0 fully saturated rings. The molecule has 0 saturated heterocycles. The minimum absolute atomic E-state index is 0.131. The lowest BCUT2D eigenvalue weighted by Gasteiger charge is -2.19. The van der Waals surface area contributed by atoms with Crippen molar-refractivity contribution >= 4 is 33.8 Å². The third-order valence-corrected chi connectivity index (χ3v) is 6.86. The van der Waals surface area contributed by atoms with Crippen LogP contribution in [-0.4, -0.2) is 32.2 Å². The zero-order valence-electron chi connectivity index (χ0n) is 19.9. The number of aromatic amines is 1. The normalized spacial score (nSPS) is 12.2. The molecule has 1 atom stereocenters. The minimum Gasteiger partial charge on any atom is -0.396 e. The SMILES string of the molecule is Cc1c(C(=O)NC(CCO)c2ccccc2Cl)nn2c(C)c(-c3ccc4ccccc4c3)[nH]c(=O)c12. The zero-order chi connectivity index (χ0) is 25.4. The lowest BCUT2D eigenvalue weighted by atomic mass is 10.0. The van der Waals surface area contributed by atoms with Gasteiger partial charge < -0.3 is 15.4 Å². The van der Waals surface area contributed by atoms with Crippen molar-refractivity contribution in [1.29, 1.82) is 0 Å². The summed E-state index contributed by atoms with van der Waals surface area (Å²) in [5, 5.41) is 19.7. The Kier molecular flexibility index (Phi) is 6.35. The summed E-state index contributed by atoms with van der Waals surface area (Å²) in [4.78, 5) is 29.4. The first-order valence-corrected chi connectivity index (χ1v) is 12.0. The Balaban J connectivity index is 1.56. The molecule has 182 valence electrons. The number of aliphatic hydroxyl groups is 1. The number of halogens is 1. The second kappa shape index (κ2) is 9.60. The third-order valence-electron chi connectivity index (χ3n) is 6.51. The van der Waals surface area contributed by atoms with Crippen LogP contribution in [0.4, 0.5) is 0 Å². The first-order chi connectivity index (χ1) is 17.4. The van der Waals surface area contributed by atoms with Gasteiger partial charge in [-0.3, -0.25) is 9.59 Å². The van der Waals surface area contributed by atoms with Crippen LogP contribution in [0.5, 0.6) is 0 Å². The van der Waals surface area contributed by atoms with Gasteiger partial charge >= 0.3 is 0 Å². The van der Waals surface area contributed by atoms with E-state index in [2.05, 4.69) is 15.4 Å². The largest absolute Gasteiger partial charge is 0.396 e. The van der Waals surface area contributed by atoms with Crippen molar-refractivity contribution in [3.63, 3.8) is 0 Å². The summed E-state index contributed by atoms with van der Waals surface area (Å²) in [5.41, 5.74) is 3.52. The molecule has 0 aliphatic carbocycles. The summed E-state index contributed by atoms with van der Waals surface area (Å²) in [6.45, 7) is 3.44. The maximum atomic E-state index is 13.3. The number of nitrogens with one attached hydrogen (secondary N) is 2. The van der Waals surface area contributed by atoms with Crippen molar-refractivity contribution in [1.82, 2.24) is 19.9 Å². The molecule has 0 spiro atoms. The van der Waals surface area contributed by atoms with Gasteiger partial charge in [-0.25, -0.2) is 4.52 Å². The first kappa shape index (κ1) is 23.8. The van der Waals surface area contributed by atoms with E-state index in [0.717, 1.165) is 16.3 Å². The van der Waals surface area contributed by atoms with Gasteiger partial charge in [0.1, 0.15) is 5.52 Å². The Morgan fingerprint density at radius 2 is 1.81 bits per heavy atom. The van der Waals surface area contributed by atoms with Gasteiger partial charge in [0.15, 0.2) is 5.69 Å². The molecule has 36 heavy (non-hydrogen) atoms. The smallest absolute Gasteiger partial charge is 0.274 e. The van der Waals surface area contributed by atoms with Crippen LogP contribution < -0.4 is 10.9 Å². The third kappa shape index (κ3) is 4.17. The Bertz CT molecular complexity index is 1670. The maximum absolute atomic E-state index is 13.3. The van der Waals surface area contributed by atoms with Gasteiger partial charge in [-0.05, 0) is 48.7 Å². The highest BCUT2D eigenvalue weighted by Crippen LogP contribution is 2.28. The van der Waals surface area contributed by atoms with Crippen molar-refractivity contribution in [2.24, 2.45) is 0 Å². The highest BCUT2D eigenvalue weighted by molar-refractivity contribution is 6.31. The molecule has 5 aromatic rings. The van der Waals surface area contributed by atoms with Crippen LogP contribution >= 0.6 is 11.6 Å². The number of aliphatic hydroxyl groups excluding tert-OH is 1. The summed E-state index contributed by atoms with van der Waals surface area (Å²) in [5.74, 6) is -0.444. The topological polar surface area (TPSA) is 99.5 Å². The number of H-pyrrole nitrogens is 1. The molecule has 0 saturated carbocycles. The Labute approximate surface area is 212 Å². The Morgan fingerprint density at radius 3 is 2.56 bits per heavy atom. The number of aromatic nitrogens is 3. The van der Waals surface area contributed by atoms with Crippen molar-refractivity contribution < 1.29 is 9.90 Å². The molecule has 8 heteroatoms. The number of aryl methyl sites for hydroxylation is 2. The summed E-state index contributed by atoms with van der Waals surface area (Å²) in [7, 11) is 0. The minimum atomic E-state index is -0.507. The van der Waals surface area contributed by atoms with Gasteiger partial charge in [0.05, 0.1) is 17.4 Å². The number of amides is 1. The van der Waals surface area contributed by atoms with Crippen LogP contribution in [-0.2, 0) is 0 Å². The maximum Gasteiger partial charge on any atom is 0.274 e. The number of rotatable bonds is 6. The van der Waals surface area contributed by atoms with Crippen LogP contribution in [0.2, 0.25) is 5.02 Å². The monoisotopic (exact) mass is 500 g/mol. The Morgan fingerprint density at radius 1 is 1.08 bits per heavy atom. The van der Waals surface area contributed by atoms with E-state index in [-0.39, 0.29) is 24.3 Å². The molecule has 0 aliphatic rings. The second-order valence-corrected chi connectivity index (χ2v) is 9.18. The van der Waals surface area contributed by atoms with Crippen LogP contribution in [0.1, 0.15) is 39.8 Å². The van der Waals surface area contributed by atoms with Gasteiger partial charge in [-0.2, -0.15) is 5.10 Å². The highest BCUT2D eigenvalue weighted by atomic mass is 35.5. The zero-order valence-corrected chi connectivity index (χ0v) is 20.6. The van der Waals surface area contributed by atoms with Crippen LogP contribution in [0.25, 0.3) is 27.5 Å². The fourth-order valence-corrected chi connectivity index (χ4v) is 4.90. The first-order valence-electron chi connectivity index (χ1n) is 11.7. The number of benzene rings is 3. The molecule has 0 bridgehead atoms. The average molecular weight is 501 g/mol. The van der Waals surface area contributed by atoms with E-state index in [4.69, 9.17) is 11.6 Å². The number of carbonyl (C=O) groups excluding carboxylic acids is 1. The molecule has 0 aliphatic heterocycles. The number of hydrogen-bond donors (Lipinski definition) is 3. The van der Waals surface area contributed by atoms with Crippen LogP contribution in [0.15, 0.2) is 71.5 Å². The highest BCUT2D eigenvalue weighted by Gasteiger charge is 2.24. The van der Waals surface area contributed by atoms with Crippen molar-refractivity contribution in [3.8, 4) is 11.3 Å². The van der Waals surface area contributed by atoms with E-state index in [1.165, 1.54) is 4.52 Å². The average Bonchev–Trinajstić information content (AvgIpc) is 3.24. The van der Waals surface area contributed by atoms with Gasteiger partial charge in [0.2, 0.25) is 0 Å². The lowest BCUT2D eigenvalue weighted by molar-refractivity contribution is 0.0924. The number of carbonyl (C=O) groups is 1. The molecule has 0 radical (unpaired) electrons. The van der Waals surface area contributed by atoms with Crippen molar-refractivity contribution in [3.05, 3.63) is 105 Å². The standard InChI is InChI=1S/C28H25ClN4O3/c1-16-24(27(35)30-23(13-14-34)21-9-5-6-10-22(21)29)32-33-17(2)25(31-28(36)26(16)33)20-12-11-18-7-3-4-8-19(18)15-20/h3-12,15,23,34H,13-14H2,1-2H3,(H,30,35)(H,31,36). The quantitative estimate of drug-likeness (QED) is 0.306. The van der Waals surface area contributed by atoms with Gasteiger partial charge in [0.25, 0.3) is 11.5 Å². The van der Waals surface area contributed by atoms with Gasteiger partial charge in [0, 0.05) is 22.8 Å². The number of fused-ring (bicyclic) bond motifs is 2. The summed E-state index contributed by atoms with van der Waals surface area (Å²) >= 11 is 6.34. The molecule has 2 heterocycles. The second-order valence-electron chi connectivity index (χ2n) is 8.77. The molecule has 1 amide bonds. The van der Waals surface area contributed by atoms with E-state index in [1.807, 2.05) is 61.5 Å². The van der Waals surface area contributed by atoms with Crippen molar-refractivity contribution in [2.75, 3.05) is 6.61 Å². The number of hydrogen-bond acceptors (Lipinski definition) is 4. The van der Waals surface area contributed by atoms with Gasteiger partial charge in [-0.15, -0.1) is 0 Å². The molecule has 3 N–H and O–H groups in total. The predicted molar refractivity (Wildman–Crippen MR) is 142 cm³/mol. The molecule has 5 rings (SSSR count). The van der Waals surface area contributed by atoms with E-state index < -0.39 is 11.9 Å². The molecule has 3 aromatic carbocycles. The van der Waals surface area contributed by atoms with Crippen LogP contribution in [0.3, 0.4) is 0 Å². The lowest BCUT2D eigenvalue weighted by Crippen LogP contribution is -2.30.